The van der Waals surface area contributed by atoms with Gasteiger partial charge < -0.3 is 9.30 Å². The van der Waals surface area contributed by atoms with Crippen LogP contribution >= 0.6 is 11.6 Å². The van der Waals surface area contributed by atoms with Crippen LogP contribution in [0.2, 0.25) is 0 Å². The molecular formula is C15H13ClFNO3. The first kappa shape index (κ1) is 15.3. The van der Waals surface area contributed by atoms with Gasteiger partial charge in [-0.2, -0.15) is 0 Å². The van der Waals surface area contributed by atoms with Crippen molar-refractivity contribution >= 4 is 16.8 Å². The Morgan fingerprint density at radius 2 is 1.95 bits per heavy atom. The molecule has 0 aliphatic heterocycles. The molecule has 0 radical (unpaired) electrons. The van der Waals surface area contributed by atoms with Crippen molar-refractivity contribution in [2.45, 2.75) is 13.5 Å². The molecule has 0 spiro atoms. The molecule has 0 saturated heterocycles. The van der Waals surface area contributed by atoms with Gasteiger partial charge in [0.1, 0.15) is 17.1 Å². The zero-order valence-electron chi connectivity index (χ0n) is 11.3. The van der Waals surface area contributed by atoms with E-state index in [9.17, 15) is 14.0 Å². The Hall–Kier alpha value is -2.14. The van der Waals surface area contributed by atoms with Crippen molar-refractivity contribution in [2.24, 2.45) is 0 Å². The molecular weight excluding hydrogens is 297 g/mol. The number of benzene rings is 1. The lowest BCUT2D eigenvalue weighted by Crippen LogP contribution is -2.26. The lowest BCUT2D eigenvalue weighted by molar-refractivity contribution is 0.107. The molecule has 2 aromatic rings. The van der Waals surface area contributed by atoms with Crippen LogP contribution in [0.3, 0.4) is 0 Å². The van der Waals surface area contributed by atoms with Gasteiger partial charge in [-0.1, -0.05) is 12.1 Å². The van der Waals surface area contributed by atoms with Gasteiger partial charge in [0.2, 0.25) is 0 Å². The van der Waals surface area contributed by atoms with Crippen LogP contribution in [0, 0.1) is 5.82 Å². The number of aromatic nitrogens is 1. The van der Waals surface area contributed by atoms with Gasteiger partial charge in [-0.05, 0) is 42.3 Å². The molecule has 110 valence electrons. The van der Waals surface area contributed by atoms with E-state index in [1.807, 2.05) is 0 Å². The van der Waals surface area contributed by atoms with Crippen molar-refractivity contribution in [1.82, 2.24) is 4.57 Å². The number of rotatable bonds is 5. The average molecular weight is 310 g/mol. The van der Waals surface area contributed by atoms with Gasteiger partial charge in [-0.15, -0.1) is 0 Å². The van der Waals surface area contributed by atoms with E-state index >= 15 is 0 Å². The van der Waals surface area contributed by atoms with E-state index in [-0.39, 0.29) is 23.7 Å². The standard InChI is InChI=1S/C15H13ClFNO3/c1-2-21-12-7-8-18(15(20)13(12)14(16)19)9-10-3-5-11(17)6-4-10/h3-8H,2,9H2,1H3. The fraction of sp³-hybridized carbons (Fsp3) is 0.200. The molecule has 0 amide bonds. The minimum atomic E-state index is -0.864. The van der Waals surface area contributed by atoms with E-state index < -0.39 is 10.8 Å². The Balaban J connectivity index is 2.41. The third-order valence-corrected chi connectivity index (χ3v) is 3.08. The fourth-order valence-corrected chi connectivity index (χ4v) is 2.10. The van der Waals surface area contributed by atoms with Gasteiger partial charge >= 0.3 is 0 Å². The lowest BCUT2D eigenvalue weighted by atomic mass is 10.2. The predicted octanol–water partition coefficient (Wildman–Crippen LogP) is 2.81. The minimum Gasteiger partial charge on any atom is -0.493 e. The van der Waals surface area contributed by atoms with E-state index in [1.54, 1.807) is 19.1 Å². The molecule has 1 aromatic carbocycles. The van der Waals surface area contributed by atoms with E-state index in [2.05, 4.69) is 0 Å². The number of nitrogens with zero attached hydrogens (tertiary/aromatic N) is 1. The number of hydrogen-bond acceptors (Lipinski definition) is 3. The summed E-state index contributed by atoms with van der Waals surface area (Å²) in [5.74, 6) is -0.188. The second-order valence-corrected chi connectivity index (χ2v) is 4.66. The third kappa shape index (κ3) is 3.49. The smallest absolute Gasteiger partial charge is 0.266 e. The molecule has 1 aromatic heterocycles. The van der Waals surface area contributed by atoms with Gasteiger partial charge in [-0.3, -0.25) is 9.59 Å². The maximum atomic E-state index is 12.9. The summed E-state index contributed by atoms with van der Waals surface area (Å²) in [6, 6.07) is 7.27. The Morgan fingerprint density at radius 1 is 1.29 bits per heavy atom. The van der Waals surface area contributed by atoms with E-state index in [0.29, 0.717) is 6.61 Å². The van der Waals surface area contributed by atoms with E-state index in [0.717, 1.165) is 5.56 Å². The van der Waals surface area contributed by atoms with Crippen LogP contribution in [0.5, 0.6) is 5.75 Å². The molecule has 0 unspecified atom stereocenters. The van der Waals surface area contributed by atoms with Crippen LogP contribution < -0.4 is 10.3 Å². The molecule has 6 heteroatoms. The molecule has 0 aliphatic carbocycles. The Morgan fingerprint density at radius 3 is 2.52 bits per heavy atom. The van der Waals surface area contributed by atoms with Gasteiger partial charge in [-0.25, -0.2) is 4.39 Å². The molecule has 1 heterocycles. The first-order valence-corrected chi connectivity index (χ1v) is 6.71. The number of pyridine rings is 1. The lowest BCUT2D eigenvalue weighted by Gasteiger charge is -2.11. The second-order valence-electron chi connectivity index (χ2n) is 4.32. The Labute approximate surface area is 125 Å². The van der Waals surface area contributed by atoms with Crippen LogP contribution in [0.4, 0.5) is 4.39 Å². The van der Waals surface area contributed by atoms with Crippen molar-refractivity contribution in [1.29, 1.82) is 0 Å². The molecule has 21 heavy (non-hydrogen) atoms. The summed E-state index contributed by atoms with van der Waals surface area (Å²) in [4.78, 5) is 23.7. The van der Waals surface area contributed by atoms with Gasteiger partial charge in [0.25, 0.3) is 10.8 Å². The summed E-state index contributed by atoms with van der Waals surface area (Å²) in [7, 11) is 0. The number of carbonyl (C=O) groups excluding carboxylic acids is 1. The summed E-state index contributed by atoms with van der Waals surface area (Å²) in [5.41, 5.74) is 0.00374. The molecule has 0 fully saturated rings. The van der Waals surface area contributed by atoms with E-state index in [4.69, 9.17) is 16.3 Å². The SMILES string of the molecule is CCOc1ccn(Cc2ccc(F)cc2)c(=O)c1C(=O)Cl. The largest absolute Gasteiger partial charge is 0.493 e. The summed E-state index contributed by atoms with van der Waals surface area (Å²) in [6.07, 6.45) is 1.51. The number of halogens is 2. The minimum absolute atomic E-state index is 0.165. The maximum absolute atomic E-state index is 12.9. The highest BCUT2D eigenvalue weighted by Crippen LogP contribution is 2.17. The van der Waals surface area contributed by atoms with Crippen LogP contribution in [-0.2, 0) is 6.54 Å². The van der Waals surface area contributed by atoms with Crippen LogP contribution in [-0.4, -0.2) is 16.4 Å². The predicted molar refractivity (Wildman–Crippen MR) is 77.6 cm³/mol. The highest BCUT2D eigenvalue weighted by atomic mass is 35.5. The van der Waals surface area contributed by atoms with Crippen LogP contribution in [0.25, 0.3) is 0 Å². The summed E-state index contributed by atoms with van der Waals surface area (Å²) in [6.45, 7) is 2.27. The number of hydrogen-bond donors (Lipinski definition) is 0. The molecule has 2 rings (SSSR count). The van der Waals surface area contributed by atoms with Crippen molar-refractivity contribution < 1.29 is 13.9 Å². The monoisotopic (exact) mass is 309 g/mol. The number of ether oxygens (including phenoxy) is 1. The molecule has 0 N–H and O–H groups in total. The highest BCUT2D eigenvalue weighted by Gasteiger charge is 2.17. The van der Waals surface area contributed by atoms with Gasteiger partial charge in [0.15, 0.2) is 0 Å². The van der Waals surface area contributed by atoms with Gasteiger partial charge in [0.05, 0.1) is 13.2 Å². The fourth-order valence-electron chi connectivity index (χ4n) is 1.93. The Kier molecular flexibility index (Phi) is 4.75. The molecule has 0 aliphatic rings. The summed E-state index contributed by atoms with van der Waals surface area (Å²) in [5, 5.41) is -0.864. The van der Waals surface area contributed by atoms with Crippen molar-refractivity contribution in [3.8, 4) is 5.75 Å². The second kappa shape index (κ2) is 6.54. The van der Waals surface area contributed by atoms with Crippen LogP contribution in [0.1, 0.15) is 22.8 Å². The summed E-state index contributed by atoms with van der Waals surface area (Å²) >= 11 is 5.46. The van der Waals surface area contributed by atoms with Crippen molar-refractivity contribution in [3.63, 3.8) is 0 Å². The molecule has 0 bridgehead atoms. The maximum Gasteiger partial charge on any atom is 0.266 e. The third-order valence-electron chi connectivity index (χ3n) is 2.89. The summed E-state index contributed by atoms with van der Waals surface area (Å²) < 4.78 is 19.4. The zero-order chi connectivity index (χ0) is 15.4. The number of carbonyl (C=O) groups is 1. The Bertz CT molecular complexity index is 710. The topological polar surface area (TPSA) is 48.3 Å². The average Bonchev–Trinajstić information content (AvgIpc) is 2.44. The molecule has 0 saturated carbocycles. The zero-order valence-corrected chi connectivity index (χ0v) is 12.1. The van der Waals surface area contributed by atoms with Crippen molar-refractivity contribution in [3.05, 3.63) is 63.8 Å². The highest BCUT2D eigenvalue weighted by molar-refractivity contribution is 6.68. The van der Waals surface area contributed by atoms with Crippen molar-refractivity contribution in [2.75, 3.05) is 6.61 Å². The normalized spacial score (nSPS) is 10.4. The quantitative estimate of drug-likeness (QED) is 0.798. The van der Waals surface area contributed by atoms with E-state index in [1.165, 1.54) is 29.0 Å². The van der Waals surface area contributed by atoms with Gasteiger partial charge in [0, 0.05) is 6.20 Å². The molecule has 0 atom stereocenters. The van der Waals surface area contributed by atoms with Crippen LogP contribution in [0.15, 0.2) is 41.3 Å². The molecule has 4 nitrogen and oxygen atoms in total. The first-order chi connectivity index (χ1) is 10.0. The first-order valence-electron chi connectivity index (χ1n) is 6.33.